The Kier molecular flexibility index (Phi) is 3.80. The fraction of sp³-hybridized carbons (Fsp3) is 0.417. The predicted molar refractivity (Wildman–Crippen MR) is 77.2 cm³/mol. The van der Waals surface area contributed by atoms with Gasteiger partial charge < -0.3 is 0 Å². The van der Waals surface area contributed by atoms with Crippen LogP contribution >= 0.6 is 11.3 Å². The quantitative estimate of drug-likeness (QED) is 0.864. The van der Waals surface area contributed by atoms with Gasteiger partial charge in [-0.1, -0.05) is 18.3 Å². The van der Waals surface area contributed by atoms with Gasteiger partial charge in [0, 0.05) is 20.6 Å². The molecule has 0 saturated carbocycles. The van der Waals surface area contributed by atoms with E-state index < -0.39 is 10.0 Å². The fourth-order valence-electron chi connectivity index (χ4n) is 1.85. The molecule has 0 spiro atoms. The number of hydrogen-bond acceptors (Lipinski definition) is 4. The van der Waals surface area contributed by atoms with Crippen LogP contribution in [0.2, 0.25) is 0 Å². The molecule has 0 amide bonds. The van der Waals surface area contributed by atoms with E-state index in [0.29, 0.717) is 11.2 Å². The molecular formula is C12H16N2O3S2. The zero-order valence-corrected chi connectivity index (χ0v) is 12.7. The van der Waals surface area contributed by atoms with Gasteiger partial charge in [0.25, 0.3) is 0 Å². The summed E-state index contributed by atoms with van der Waals surface area (Å²) < 4.78 is 27.6. The average Bonchev–Trinajstić information content (AvgIpc) is 2.65. The molecule has 0 aliphatic heterocycles. The van der Waals surface area contributed by atoms with Crippen molar-refractivity contribution in [3.8, 4) is 0 Å². The van der Waals surface area contributed by atoms with Crippen LogP contribution in [0.4, 0.5) is 0 Å². The lowest BCUT2D eigenvalue weighted by molar-refractivity contribution is 0.521. The Balaban J connectivity index is 2.64. The van der Waals surface area contributed by atoms with E-state index in [1.807, 2.05) is 6.92 Å². The number of aromatic nitrogens is 1. The van der Waals surface area contributed by atoms with Crippen molar-refractivity contribution < 1.29 is 8.42 Å². The molecular weight excluding hydrogens is 284 g/mol. The summed E-state index contributed by atoms with van der Waals surface area (Å²) in [5, 5.41) is 0. The fourth-order valence-corrected chi connectivity index (χ4v) is 3.81. The lowest BCUT2D eigenvalue weighted by Gasteiger charge is -2.11. The van der Waals surface area contributed by atoms with Gasteiger partial charge in [0.2, 0.25) is 10.0 Å². The first kappa shape index (κ1) is 14.2. The molecule has 2 aromatic rings. The highest BCUT2D eigenvalue weighted by molar-refractivity contribution is 7.89. The van der Waals surface area contributed by atoms with Crippen LogP contribution in [-0.4, -0.2) is 31.4 Å². The Morgan fingerprint density at radius 3 is 2.58 bits per heavy atom. The number of sulfonamides is 1. The third-order valence-corrected chi connectivity index (χ3v) is 5.62. The maximum atomic E-state index is 12.0. The summed E-state index contributed by atoms with van der Waals surface area (Å²) in [6, 6.07) is 4.83. The van der Waals surface area contributed by atoms with E-state index in [-0.39, 0.29) is 9.77 Å². The van der Waals surface area contributed by atoms with Gasteiger partial charge in [0.05, 0.1) is 15.1 Å². The lowest BCUT2D eigenvalue weighted by atomic mass is 10.3. The van der Waals surface area contributed by atoms with Gasteiger partial charge in [-0.15, -0.1) is 0 Å². The molecule has 104 valence electrons. The highest BCUT2D eigenvalue weighted by atomic mass is 32.2. The Hall–Kier alpha value is -1.18. The highest BCUT2D eigenvalue weighted by Crippen LogP contribution is 2.23. The zero-order chi connectivity index (χ0) is 14.2. The zero-order valence-electron chi connectivity index (χ0n) is 11.1. The van der Waals surface area contributed by atoms with Crippen LogP contribution in [0.3, 0.4) is 0 Å². The SMILES string of the molecule is CCCn1c(=O)sc2cc(S(=O)(=O)N(C)C)ccc21. The Bertz CT molecular complexity index is 757. The van der Waals surface area contributed by atoms with E-state index in [1.54, 1.807) is 22.8 Å². The monoisotopic (exact) mass is 300 g/mol. The van der Waals surface area contributed by atoms with Gasteiger partial charge in [-0.3, -0.25) is 9.36 Å². The van der Waals surface area contributed by atoms with E-state index in [0.717, 1.165) is 23.3 Å². The van der Waals surface area contributed by atoms with Crippen molar-refractivity contribution >= 4 is 31.6 Å². The molecule has 0 aliphatic rings. The number of benzene rings is 1. The molecule has 0 saturated heterocycles. The van der Waals surface area contributed by atoms with Gasteiger partial charge in [0.1, 0.15) is 0 Å². The van der Waals surface area contributed by atoms with Gasteiger partial charge in [0.15, 0.2) is 0 Å². The normalized spacial score (nSPS) is 12.4. The molecule has 0 atom stereocenters. The minimum atomic E-state index is -3.46. The maximum absolute atomic E-state index is 12.0. The summed E-state index contributed by atoms with van der Waals surface area (Å²) in [5.74, 6) is 0. The summed E-state index contributed by atoms with van der Waals surface area (Å²) >= 11 is 1.09. The third-order valence-electron chi connectivity index (χ3n) is 2.87. The average molecular weight is 300 g/mol. The van der Waals surface area contributed by atoms with Gasteiger partial charge in [-0.25, -0.2) is 12.7 Å². The second-order valence-corrected chi connectivity index (χ2v) is 7.58. The second kappa shape index (κ2) is 5.07. The molecule has 0 unspecified atom stereocenters. The minimum Gasteiger partial charge on any atom is -0.299 e. The summed E-state index contributed by atoms with van der Waals surface area (Å²) in [7, 11) is -0.475. The molecule has 7 heteroatoms. The van der Waals surface area contributed by atoms with Crippen LogP contribution in [0.25, 0.3) is 10.2 Å². The molecule has 0 radical (unpaired) electrons. The van der Waals surface area contributed by atoms with Gasteiger partial charge in [-0.05, 0) is 24.6 Å². The number of aryl methyl sites for hydroxylation is 1. The number of hydrogen-bond donors (Lipinski definition) is 0. The Morgan fingerprint density at radius 2 is 2.00 bits per heavy atom. The van der Waals surface area contributed by atoms with Gasteiger partial charge >= 0.3 is 4.87 Å². The molecule has 0 bridgehead atoms. The van der Waals surface area contributed by atoms with E-state index >= 15 is 0 Å². The van der Waals surface area contributed by atoms with Crippen molar-refractivity contribution in [2.24, 2.45) is 0 Å². The summed E-state index contributed by atoms with van der Waals surface area (Å²) in [4.78, 5) is 12.0. The molecule has 19 heavy (non-hydrogen) atoms. The van der Waals surface area contributed by atoms with Crippen LogP contribution in [0.1, 0.15) is 13.3 Å². The van der Waals surface area contributed by atoms with Crippen molar-refractivity contribution in [1.29, 1.82) is 0 Å². The molecule has 1 aromatic heterocycles. The van der Waals surface area contributed by atoms with Gasteiger partial charge in [-0.2, -0.15) is 0 Å². The first-order valence-electron chi connectivity index (χ1n) is 5.94. The second-order valence-electron chi connectivity index (χ2n) is 4.44. The first-order chi connectivity index (χ1) is 8.87. The molecule has 2 rings (SSSR count). The van der Waals surface area contributed by atoms with Crippen molar-refractivity contribution in [2.75, 3.05) is 14.1 Å². The summed E-state index contributed by atoms with van der Waals surface area (Å²) in [5.41, 5.74) is 0.801. The third kappa shape index (κ3) is 2.45. The van der Waals surface area contributed by atoms with Crippen LogP contribution in [0, 0.1) is 0 Å². The van der Waals surface area contributed by atoms with Crippen molar-refractivity contribution in [1.82, 2.24) is 8.87 Å². The topological polar surface area (TPSA) is 59.4 Å². The van der Waals surface area contributed by atoms with E-state index in [9.17, 15) is 13.2 Å². The van der Waals surface area contributed by atoms with Crippen molar-refractivity contribution in [2.45, 2.75) is 24.8 Å². The van der Waals surface area contributed by atoms with E-state index in [1.165, 1.54) is 18.4 Å². The van der Waals surface area contributed by atoms with Crippen LogP contribution in [0.15, 0.2) is 27.9 Å². The van der Waals surface area contributed by atoms with E-state index in [4.69, 9.17) is 0 Å². The molecule has 0 fully saturated rings. The molecule has 0 aliphatic carbocycles. The number of rotatable bonds is 4. The summed E-state index contributed by atoms with van der Waals surface area (Å²) in [6.45, 7) is 2.65. The predicted octanol–water partition coefficient (Wildman–Crippen LogP) is 1.72. The largest absolute Gasteiger partial charge is 0.308 e. The van der Waals surface area contributed by atoms with Crippen molar-refractivity contribution in [3.05, 3.63) is 27.9 Å². The number of thiazole rings is 1. The molecule has 0 N–H and O–H groups in total. The molecule has 1 heterocycles. The standard InChI is InChI=1S/C12H16N2O3S2/c1-4-7-14-10-6-5-9(19(16,17)13(2)3)8-11(10)18-12(14)15/h5-6,8H,4,7H2,1-3H3. The Morgan fingerprint density at radius 1 is 1.32 bits per heavy atom. The lowest BCUT2D eigenvalue weighted by Crippen LogP contribution is -2.22. The van der Waals surface area contributed by atoms with Crippen LogP contribution in [-0.2, 0) is 16.6 Å². The minimum absolute atomic E-state index is 0.0451. The Labute approximate surface area is 116 Å². The summed E-state index contributed by atoms with van der Waals surface area (Å²) in [6.07, 6.45) is 0.865. The first-order valence-corrected chi connectivity index (χ1v) is 8.19. The van der Waals surface area contributed by atoms with Crippen LogP contribution in [0.5, 0.6) is 0 Å². The van der Waals surface area contributed by atoms with Crippen molar-refractivity contribution in [3.63, 3.8) is 0 Å². The number of nitrogens with zero attached hydrogens (tertiary/aromatic N) is 2. The molecule has 1 aromatic carbocycles. The van der Waals surface area contributed by atoms with Crippen LogP contribution < -0.4 is 4.87 Å². The molecule has 5 nitrogen and oxygen atoms in total. The highest BCUT2D eigenvalue weighted by Gasteiger charge is 2.18. The maximum Gasteiger partial charge on any atom is 0.308 e. The number of fused-ring (bicyclic) bond motifs is 1. The smallest absolute Gasteiger partial charge is 0.299 e. The van der Waals surface area contributed by atoms with E-state index in [2.05, 4.69) is 0 Å².